The lowest BCUT2D eigenvalue weighted by molar-refractivity contribution is 0.269. The Labute approximate surface area is 285 Å². The third kappa shape index (κ3) is 4.09. The molecule has 4 heterocycles. The number of ether oxygens (including phenoxy) is 1. The van der Waals surface area contributed by atoms with Crippen LogP contribution >= 0.6 is 11.3 Å². The Morgan fingerprint density at radius 1 is 0.571 bits per heavy atom. The van der Waals surface area contributed by atoms with Gasteiger partial charge in [0.05, 0.1) is 11.6 Å². The van der Waals surface area contributed by atoms with E-state index in [1.165, 1.54) is 36.5 Å². The molecule has 0 bridgehead atoms. The zero-order valence-corrected chi connectivity index (χ0v) is 26.9. The average molecular weight is 647 g/mol. The van der Waals surface area contributed by atoms with Gasteiger partial charge in [0.15, 0.2) is 11.6 Å². The second-order valence-electron chi connectivity index (χ2n) is 12.9. The molecule has 0 saturated heterocycles. The molecule has 230 valence electrons. The molecule has 3 aromatic heterocycles. The van der Waals surface area contributed by atoms with Gasteiger partial charge in [0.25, 0.3) is 0 Å². The SMILES string of the molecule is C1=CC2Oc3c(-c4ccc5c(c4)sc4ccccc45)nc(-c4cccc5oc6ccc(-c7ccc8ccccc8c7)cc6c45)nc3C2C=C1. The Kier molecular flexibility index (Phi) is 5.63. The molecule has 1 aliphatic heterocycles. The van der Waals surface area contributed by atoms with Crippen molar-refractivity contribution in [3.8, 4) is 39.5 Å². The third-order valence-electron chi connectivity index (χ3n) is 10.0. The first-order chi connectivity index (χ1) is 24.2. The molecule has 0 radical (unpaired) electrons. The molecule has 0 spiro atoms. The van der Waals surface area contributed by atoms with E-state index in [2.05, 4.69) is 133 Å². The third-order valence-corrected chi connectivity index (χ3v) is 11.2. The van der Waals surface area contributed by atoms with Crippen LogP contribution in [0.1, 0.15) is 11.6 Å². The van der Waals surface area contributed by atoms with Gasteiger partial charge < -0.3 is 9.15 Å². The lowest BCUT2D eigenvalue weighted by Gasteiger charge is -2.13. The van der Waals surface area contributed by atoms with E-state index in [0.717, 1.165) is 55.8 Å². The molecule has 0 fully saturated rings. The van der Waals surface area contributed by atoms with Crippen LogP contribution in [0, 0.1) is 0 Å². The number of thiophene rings is 1. The summed E-state index contributed by atoms with van der Waals surface area (Å²) in [6.45, 7) is 0. The van der Waals surface area contributed by atoms with Crippen LogP contribution in [0.3, 0.4) is 0 Å². The number of fused-ring (bicyclic) bond motifs is 10. The molecule has 5 heteroatoms. The maximum Gasteiger partial charge on any atom is 0.168 e. The highest BCUT2D eigenvalue weighted by molar-refractivity contribution is 7.25. The van der Waals surface area contributed by atoms with Crippen LogP contribution in [-0.4, -0.2) is 16.1 Å². The van der Waals surface area contributed by atoms with Crippen molar-refractivity contribution in [1.82, 2.24) is 9.97 Å². The summed E-state index contributed by atoms with van der Waals surface area (Å²) in [5, 5.41) is 7.05. The summed E-state index contributed by atoms with van der Waals surface area (Å²) in [5.41, 5.74) is 7.66. The highest BCUT2D eigenvalue weighted by atomic mass is 32.1. The van der Waals surface area contributed by atoms with E-state index < -0.39 is 0 Å². The van der Waals surface area contributed by atoms with E-state index in [9.17, 15) is 0 Å². The normalized spacial score (nSPS) is 16.6. The Morgan fingerprint density at radius 2 is 1.39 bits per heavy atom. The maximum atomic E-state index is 6.62. The minimum Gasteiger partial charge on any atom is -0.481 e. The number of furan rings is 1. The Bertz CT molecular complexity index is 2890. The van der Waals surface area contributed by atoms with Crippen molar-refractivity contribution >= 4 is 64.2 Å². The summed E-state index contributed by atoms with van der Waals surface area (Å²) in [5.74, 6) is 1.45. The summed E-state index contributed by atoms with van der Waals surface area (Å²) in [7, 11) is 0. The van der Waals surface area contributed by atoms with Crippen LogP contribution in [-0.2, 0) is 0 Å². The van der Waals surface area contributed by atoms with Gasteiger partial charge in [0.2, 0.25) is 0 Å². The zero-order chi connectivity index (χ0) is 32.1. The number of allylic oxidation sites excluding steroid dienone is 2. The van der Waals surface area contributed by atoms with Crippen LogP contribution in [0.5, 0.6) is 5.75 Å². The van der Waals surface area contributed by atoms with Gasteiger partial charge in [-0.3, -0.25) is 0 Å². The molecular formula is C44H26N2O2S. The molecule has 6 aromatic carbocycles. The molecule has 0 amide bonds. The molecule has 1 aliphatic carbocycles. The van der Waals surface area contributed by atoms with Crippen LogP contribution in [0.2, 0.25) is 0 Å². The summed E-state index contributed by atoms with van der Waals surface area (Å²) < 4.78 is 15.6. The highest BCUT2D eigenvalue weighted by Gasteiger charge is 2.37. The molecule has 0 saturated carbocycles. The van der Waals surface area contributed by atoms with Gasteiger partial charge in [-0.2, -0.15) is 0 Å². The van der Waals surface area contributed by atoms with Gasteiger partial charge in [-0.25, -0.2) is 9.97 Å². The first-order valence-corrected chi connectivity index (χ1v) is 17.4. The first kappa shape index (κ1) is 27.0. The average Bonchev–Trinajstić information content (AvgIpc) is 3.84. The minimum atomic E-state index is -0.105. The van der Waals surface area contributed by atoms with Crippen molar-refractivity contribution in [2.75, 3.05) is 0 Å². The van der Waals surface area contributed by atoms with Gasteiger partial charge in [-0.05, 0) is 64.4 Å². The quantitative estimate of drug-likeness (QED) is 0.192. The zero-order valence-electron chi connectivity index (χ0n) is 26.1. The highest BCUT2D eigenvalue weighted by Crippen LogP contribution is 2.48. The second kappa shape index (κ2) is 10.2. The van der Waals surface area contributed by atoms with Crippen LogP contribution in [0.4, 0.5) is 0 Å². The van der Waals surface area contributed by atoms with Crippen molar-refractivity contribution in [2.45, 2.75) is 12.0 Å². The molecule has 2 aliphatic rings. The standard InChI is InChI=1S/C44H26N2O2S/c1-2-9-26-22-27(17-16-25(26)8-1)28-19-21-36-34(23-28)40-33(12-7-14-37(40)47-36)44-45-41(43-42(46-44)32-11-3-5-13-35(32)48-43)29-18-20-31-30-10-4-6-15-38(30)49-39(31)24-29/h1-24,32,35H. The van der Waals surface area contributed by atoms with Gasteiger partial charge in [0.1, 0.15) is 23.0 Å². The van der Waals surface area contributed by atoms with E-state index in [0.29, 0.717) is 5.82 Å². The topological polar surface area (TPSA) is 48.2 Å². The van der Waals surface area contributed by atoms with Crippen LogP contribution in [0.25, 0.3) is 86.7 Å². The number of nitrogens with zero attached hydrogens (tertiary/aromatic N) is 2. The van der Waals surface area contributed by atoms with E-state index in [4.69, 9.17) is 19.1 Å². The fourth-order valence-electron chi connectivity index (χ4n) is 7.64. The monoisotopic (exact) mass is 646 g/mol. The largest absolute Gasteiger partial charge is 0.481 e. The predicted molar refractivity (Wildman–Crippen MR) is 201 cm³/mol. The molecule has 4 nitrogen and oxygen atoms in total. The van der Waals surface area contributed by atoms with Gasteiger partial charge in [-0.15, -0.1) is 11.3 Å². The van der Waals surface area contributed by atoms with E-state index >= 15 is 0 Å². The molecule has 2 atom stereocenters. The van der Waals surface area contributed by atoms with Crippen molar-refractivity contribution in [3.05, 3.63) is 151 Å². The van der Waals surface area contributed by atoms with Gasteiger partial charge in [-0.1, -0.05) is 103 Å². The molecule has 11 rings (SSSR count). The molecule has 9 aromatic rings. The summed E-state index contributed by atoms with van der Waals surface area (Å²) in [4.78, 5) is 10.6. The predicted octanol–water partition coefficient (Wildman–Crippen LogP) is 11.9. The lowest BCUT2D eigenvalue weighted by Crippen LogP contribution is -2.16. The van der Waals surface area contributed by atoms with E-state index in [-0.39, 0.29) is 12.0 Å². The molecule has 2 unspecified atom stereocenters. The Morgan fingerprint density at radius 3 is 2.37 bits per heavy atom. The fraction of sp³-hybridized carbons (Fsp3) is 0.0455. The second-order valence-corrected chi connectivity index (χ2v) is 13.9. The minimum absolute atomic E-state index is 0.0216. The smallest absolute Gasteiger partial charge is 0.168 e. The van der Waals surface area contributed by atoms with Crippen molar-refractivity contribution < 1.29 is 9.15 Å². The Balaban J connectivity index is 1.13. The molecular weight excluding hydrogens is 621 g/mol. The van der Waals surface area contributed by atoms with Crippen LogP contribution < -0.4 is 4.74 Å². The van der Waals surface area contributed by atoms with E-state index in [1.54, 1.807) is 0 Å². The summed E-state index contributed by atoms with van der Waals surface area (Å²) in [6.07, 6.45) is 8.34. The van der Waals surface area contributed by atoms with Crippen LogP contribution in [0.15, 0.2) is 150 Å². The van der Waals surface area contributed by atoms with Crippen molar-refractivity contribution in [3.63, 3.8) is 0 Å². The molecule has 49 heavy (non-hydrogen) atoms. The first-order valence-electron chi connectivity index (χ1n) is 16.6. The Hall–Kier alpha value is -6.04. The summed E-state index contributed by atoms with van der Waals surface area (Å²) in [6, 6.07) is 43.0. The number of hydrogen-bond donors (Lipinski definition) is 0. The summed E-state index contributed by atoms with van der Waals surface area (Å²) >= 11 is 1.81. The number of aromatic nitrogens is 2. The molecule has 0 N–H and O–H groups in total. The van der Waals surface area contributed by atoms with Gasteiger partial charge in [0, 0.05) is 42.1 Å². The van der Waals surface area contributed by atoms with Gasteiger partial charge >= 0.3 is 0 Å². The number of benzene rings is 6. The number of rotatable bonds is 3. The van der Waals surface area contributed by atoms with Crippen molar-refractivity contribution in [1.29, 1.82) is 0 Å². The van der Waals surface area contributed by atoms with E-state index in [1.807, 2.05) is 23.5 Å². The maximum absolute atomic E-state index is 6.62. The number of hydrogen-bond acceptors (Lipinski definition) is 5. The van der Waals surface area contributed by atoms with Crippen molar-refractivity contribution in [2.24, 2.45) is 0 Å². The lowest BCUT2D eigenvalue weighted by atomic mass is 9.94. The fourth-order valence-corrected chi connectivity index (χ4v) is 8.79.